The summed E-state index contributed by atoms with van der Waals surface area (Å²) in [7, 11) is 0. The number of hydrogen-bond donors (Lipinski definition) is 1. The zero-order valence-corrected chi connectivity index (χ0v) is 15.9. The normalized spacial score (nSPS) is 10.9. The maximum absolute atomic E-state index is 12.7. The number of furan rings is 1. The molecule has 6 nitrogen and oxygen atoms in total. The van der Waals surface area contributed by atoms with E-state index in [9.17, 15) is 9.59 Å². The zero-order chi connectivity index (χ0) is 20.1. The molecule has 146 valence electrons. The van der Waals surface area contributed by atoms with Crippen LogP contribution in [0.25, 0.3) is 11.0 Å². The van der Waals surface area contributed by atoms with Crippen molar-refractivity contribution in [2.45, 2.75) is 19.4 Å². The monoisotopic (exact) mass is 387 g/mol. The van der Waals surface area contributed by atoms with Crippen LogP contribution in [0.2, 0.25) is 0 Å². The fourth-order valence-corrected chi connectivity index (χ4v) is 3.29. The van der Waals surface area contributed by atoms with Gasteiger partial charge in [0.05, 0.1) is 23.8 Å². The van der Waals surface area contributed by atoms with Gasteiger partial charge in [0.1, 0.15) is 5.82 Å². The maximum atomic E-state index is 12.7. The third-order valence-electron chi connectivity index (χ3n) is 4.74. The van der Waals surface area contributed by atoms with Crippen LogP contribution in [-0.4, -0.2) is 27.8 Å². The number of nitrogens with one attached hydrogen (secondary N) is 1. The summed E-state index contributed by atoms with van der Waals surface area (Å²) in [4.78, 5) is 29.4. The van der Waals surface area contributed by atoms with Crippen molar-refractivity contribution < 1.29 is 14.0 Å². The molecule has 0 fully saturated rings. The second-order valence-corrected chi connectivity index (χ2v) is 6.73. The van der Waals surface area contributed by atoms with Gasteiger partial charge in [-0.25, -0.2) is 4.98 Å². The van der Waals surface area contributed by atoms with Gasteiger partial charge < -0.3 is 14.3 Å². The number of nitrogens with zero attached hydrogens (tertiary/aromatic N) is 2. The predicted octanol–water partition coefficient (Wildman–Crippen LogP) is 3.87. The number of benzene rings is 2. The van der Waals surface area contributed by atoms with E-state index in [0.717, 1.165) is 16.9 Å². The quantitative estimate of drug-likeness (QED) is 0.368. The van der Waals surface area contributed by atoms with Gasteiger partial charge in [0, 0.05) is 18.5 Å². The molecule has 1 N–H and O–H groups in total. The Morgan fingerprint density at radius 1 is 0.966 bits per heavy atom. The van der Waals surface area contributed by atoms with Crippen molar-refractivity contribution in [1.82, 2.24) is 14.9 Å². The fourth-order valence-electron chi connectivity index (χ4n) is 3.29. The Hall–Kier alpha value is -3.67. The van der Waals surface area contributed by atoms with Crippen LogP contribution in [0, 0.1) is 0 Å². The molecule has 0 aliphatic heterocycles. The molecular formula is C23H21N3O3. The van der Waals surface area contributed by atoms with Gasteiger partial charge in [-0.1, -0.05) is 42.5 Å². The number of aromatic nitrogens is 2. The van der Waals surface area contributed by atoms with Gasteiger partial charge >= 0.3 is 0 Å². The fraction of sp³-hybridized carbons (Fsp3) is 0.174. The summed E-state index contributed by atoms with van der Waals surface area (Å²) in [5, 5.41) is 2.84. The summed E-state index contributed by atoms with van der Waals surface area (Å²) < 4.78 is 7.06. The smallest absolute Gasteiger partial charge is 0.286 e. The van der Waals surface area contributed by atoms with Crippen LogP contribution in [0.15, 0.2) is 77.4 Å². The Balaban J connectivity index is 1.46. The van der Waals surface area contributed by atoms with Gasteiger partial charge in [-0.2, -0.15) is 0 Å². The van der Waals surface area contributed by atoms with E-state index in [2.05, 4.69) is 5.32 Å². The van der Waals surface area contributed by atoms with Crippen molar-refractivity contribution in [3.05, 3.63) is 90.1 Å². The van der Waals surface area contributed by atoms with Crippen molar-refractivity contribution in [2.75, 3.05) is 6.54 Å². The molecule has 0 bridgehead atoms. The summed E-state index contributed by atoms with van der Waals surface area (Å²) in [6, 6.07) is 20.4. The molecule has 2 aromatic carbocycles. The minimum absolute atomic E-state index is 0.0427. The third kappa shape index (κ3) is 4.27. The van der Waals surface area contributed by atoms with Crippen LogP contribution in [-0.2, 0) is 13.0 Å². The number of rotatable bonds is 8. The summed E-state index contributed by atoms with van der Waals surface area (Å²) in [5.41, 5.74) is 2.48. The van der Waals surface area contributed by atoms with E-state index < -0.39 is 0 Å². The zero-order valence-electron chi connectivity index (χ0n) is 15.9. The molecule has 0 radical (unpaired) electrons. The Labute approximate surface area is 168 Å². The number of carbonyl (C=O) groups is 2. The van der Waals surface area contributed by atoms with E-state index in [1.54, 1.807) is 12.1 Å². The molecule has 0 saturated carbocycles. The molecule has 1 amide bonds. The molecule has 0 aliphatic carbocycles. The standard InChI is InChI=1S/C23H21N3O3/c27-20(17-8-2-1-3-9-17)16-26-19-11-5-4-10-18(19)25-22(26)13-6-14-24-23(28)21-12-7-15-29-21/h1-5,7-12,15H,6,13-14,16H2,(H,24,28). The molecule has 6 heteroatoms. The highest BCUT2D eigenvalue weighted by Gasteiger charge is 2.15. The van der Waals surface area contributed by atoms with Gasteiger partial charge in [-0.3, -0.25) is 9.59 Å². The molecule has 2 heterocycles. The second kappa shape index (κ2) is 8.56. The third-order valence-corrected chi connectivity index (χ3v) is 4.74. The number of fused-ring (bicyclic) bond motifs is 1. The second-order valence-electron chi connectivity index (χ2n) is 6.73. The van der Waals surface area contributed by atoms with Crippen LogP contribution >= 0.6 is 0 Å². The lowest BCUT2D eigenvalue weighted by Gasteiger charge is -2.09. The van der Waals surface area contributed by atoms with Gasteiger partial charge in [0.2, 0.25) is 0 Å². The van der Waals surface area contributed by atoms with Crippen LogP contribution in [0.5, 0.6) is 0 Å². The van der Waals surface area contributed by atoms with E-state index in [1.807, 2.05) is 59.2 Å². The van der Waals surface area contributed by atoms with E-state index in [-0.39, 0.29) is 18.2 Å². The van der Waals surface area contributed by atoms with Gasteiger partial charge in [-0.05, 0) is 30.7 Å². The van der Waals surface area contributed by atoms with Crippen LogP contribution in [0.3, 0.4) is 0 Å². The first-order valence-corrected chi connectivity index (χ1v) is 9.56. The minimum atomic E-state index is -0.234. The Morgan fingerprint density at radius 3 is 2.55 bits per heavy atom. The molecule has 0 atom stereocenters. The average Bonchev–Trinajstić information content (AvgIpc) is 3.41. The SMILES string of the molecule is O=C(Cn1c(CCCNC(=O)c2ccco2)nc2ccccc21)c1ccccc1. The molecule has 0 unspecified atom stereocenters. The van der Waals surface area contributed by atoms with Crippen molar-refractivity contribution in [2.24, 2.45) is 0 Å². The largest absolute Gasteiger partial charge is 0.459 e. The first-order chi connectivity index (χ1) is 14.2. The first-order valence-electron chi connectivity index (χ1n) is 9.56. The number of Topliss-reactive ketones (excluding diaryl/α,β-unsaturated/α-hetero) is 1. The molecule has 29 heavy (non-hydrogen) atoms. The van der Waals surface area contributed by atoms with Crippen molar-refractivity contribution in [1.29, 1.82) is 0 Å². The summed E-state index contributed by atoms with van der Waals surface area (Å²) in [5.74, 6) is 0.942. The van der Waals surface area contributed by atoms with Gasteiger partial charge in [0.25, 0.3) is 5.91 Å². The number of imidazole rings is 1. The Kier molecular flexibility index (Phi) is 5.52. The number of carbonyl (C=O) groups excluding carboxylic acids is 2. The van der Waals surface area contributed by atoms with Crippen LogP contribution in [0.4, 0.5) is 0 Å². The minimum Gasteiger partial charge on any atom is -0.459 e. The van der Waals surface area contributed by atoms with E-state index in [0.29, 0.717) is 30.7 Å². The highest BCUT2D eigenvalue weighted by atomic mass is 16.3. The molecule has 2 aromatic heterocycles. The predicted molar refractivity (Wildman–Crippen MR) is 110 cm³/mol. The molecule has 4 aromatic rings. The maximum Gasteiger partial charge on any atom is 0.286 e. The van der Waals surface area contributed by atoms with Gasteiger partial charge in [-0.15, -0.1) is 0 Å². The Morgan fingerprint density at radius 2 is 1.76 bits per heavy atom. The number of amides is 1. The van der Waals surface area contributed by atoms with E-state index in [4.69, 9.17) is 9.40 Å². The Bertz CT molecular complexity index is 1110. The number of hydrogen-bond acceptors (Lipinski definition) is 4. The van der Waals surface area contributed by atoms with Crippen molar-refractivity contribution in [3.63, 3.8) is 0 Å². The van der Waals surface area contributed by atoms with Gasteiger partial charge in [0.15, 0.2) is 11.5 Å². The summed E-state index contributed by atoms with van der Waals surface area (Å²) >= 11 is 0. The highest BCUT2D eigenvalue weighted by molar-refractivity contribution is 5.96. The lowest BCUT2D eigenvalue weighted by atomic mass is 10.1. The number of aryl methyl sites for hydroxylation is 1. The lowest BCUT2D eigenvalue weighted by molar-refractivity contribution is 0.0925. The topological polar surface area (TPSA) is 77.1 Å². The molecular weight excluding hydrogens is 366 g/mol. The molecule has 4 rings (SSSR count). The molecule has 0 spiro atoms. The molecule has 0 saturated heterocycles. The number of para-hydroxylation sites is 2. The molecule has 0 aliphatic rings. The van der Waals surface area contributed by atoms with Crippen molar-refractivity contribution >= 4 is 22.7 Å². The van der Waals surface area contributed by atoms with Crippen LogP contribution < -0.4 is 5.32 Å². The average molecular weight is 387 g/mol. The van der Waals surface area contributed by atoms with E-state index >= 15 is 0 Å². The van der Waals surface area contributed by atoms with Crippen LogP contribution in [0.1, 0.15) is 33.2 Å². The summed E-state index contributed by atoms with van der Waals surface area (Å²) in [6.07, 6.45) is 2.82. The van der Waals surface area contributed by atoms with Crippen molar-refractivity contribution in [3.8, 4) is 0 Å². The summed E-state index contributed by atoms with van der Waals surface area (Å²) in [6.45, 7) is 0.730. The first kappa shape index (κ1) is 18.7. The van der Waals surface area contributed by atoms with E-state index in [1.165, 1.54) is 6.26 Å². The highest BCUT2D eigenvalue weighted by Crippen LogP contribution is 2.18. The number of ketones is 1. The lowest BCUT2D eigenvalue weighted by Crippen LogP contribution is -2.24.